The summed E-state index contributed by atoms with van der Waals surface area (Å²) < 4.78 is 2.80. The van der Waals surface area contributed by atoms with Crippen LogP contribution in [0.1, 0.15) is 18.3 Å². The minimum absolute atomic E-state index is 0.585. The van der Waals surface area contributed by atoms with Crippen molar-refractivity contribution < 1.29 is 0 Å². The van der Waals surface area contributed by atoms with Gasteiger partial charge in [0.1, 0.15) is 7.85 Å². The Bertz CT molecular complexity index is 652. The van der Waals surface area contributed by atoms with Crippen molar-refractivity contribution in [2.75, 3.05) is 0 Å². The second kappa shape index (κ2) is 3.64. The molecule has 0 aliphatic heterocycles. The monoisotopic (exact) mass is 224 g/mol. The average Bonchev–Trinajstić information content (AvgIpc) is 2.66. The van der Waals surface area contributed by atoms with Crippen LogP contribution in [0.4, 0.5) is 0 Å². The van der Waals surface area contributed by atoms with Gasteiger partial charge < -0.3 is 0 Å². The molecule has 3 aromatic rings. The Balaban J connectivity index is 2.53. The van der Waals surface area contributed by atoms with E-state index in [9.17, 15) is 0 Å². The average molecular weight is 224 g/mol. The van der Waals surface area contributed by atoms with E-state index in [1.54, 1.807) is 0 Å². The van der Waals surface area contributed by atoms with E-state index in [4.69, 9.17) is 0 Å². The van der Waals surface area contributed by atoms with Crippen LogP contribution in [0.25, 0.3) is 20.2 Å². The van der Waals surface area contributed by atoms with Gasteiger partial charge in [0, 0.05) is 20.2 Å². The molecule has 0 saturated carbocycles. The molecule has 2 heteroatoms. The summed E-state index contributed by atoms with van der Waals surface area (Å²) in [5.41, 5.74) is 1.47. The molecule has 1 aromatic heterocycles. The highest BCUT2D eigenvalue weighted by Crippen LogP contribution is 2.37. The van der Waals surface area contributed by atoms with Gasteiger partial charge in [-0.1, -0.05) is 37.3 Å². The first-order valence-electron chi connectivity index (χ1n) is 5.67. The van der Waals surface area contributed by atoms with Crippen molar-refractivity contribution in [3.8, 4) is 0 Å². The highest BCUT2D eigenvalue weighted by molar-refractivity contribution is 7.25. The van der Waals surface area contributed by atoms with E-state index in [0.29, 0.717) is 5.82 Å². The third-order valence-corrected chi connectivity index (χ3v) is 4.19. The highest BCUT2D eigenvalue weighted by Gasteiger charge is 2.10. The second-order valence-corrected chi connectivity index (χ2v) is 5.56. The third kappa shape index (κ3) is 1.37. The molecule has 1 heterocycles. The molecule has 1 atom stereocenters. The number of rotatable bonds is 1. The van der Waals surface area contributed by atoms with E-state index in [1.807, 2.05) is 11.3 Å². The maximum absolute atomic E-state index is 2.27. The van der Waals surface area contributed by atoms with E-state index < -0.39 is 0 Å². The Kier molecular flexibility index (Phi) is 2.25. The summed E-state index contributed by atoms with van der Waals surface area (Å²) in [5, 5.41) is 2.87. The fraction of sp³-hybridized carbons (Fsp3) is 0.143. The standard InChI is InChI=1S/C14H13BS/c1-9(15)10-6-4-8-13-14(10)11-5-2-3-7-12(11)16-13/h2-9H,15H2,1H3/t9-/m0/s1. The first-order chi connectivity index (χ1) is 7.77. The molecule has 0 nitrogen and oxygen atoms in total. The van der Waals surface area contributed by atoms with E-state index in [-0.39, 0.29) is 0 Å². The maximum Gasteiger partial charge on any atom is 0.110 e. The van der Waals surface area contributed by atoms with Gasteiger partial charge in [-0.05, 0) is 23.5 Å². The van der Waals surface area contributed by atoms with Crippen molar-refractivity contribution in [3.05, 3.63) is 48.0 Å². The molecule has 0 unspecified atom stereocenters. The second-order valence-electron chi connectivity index (χ2n) is 4.47. The predicted molar refractivity (Wildman–Crippen MR) is 76.3 cm³/mol. The fourth-order valence-electron chi connectivity index (χ4n) is 2.28. The van der Waals surface area contributed by atoms with Gasteiger partial charge in [-0.15, -0.1) is 11.3 Å². The van der Waals surface area contributed by atoms with Crippen molar-refractivity contribution >= 4 is 39.4 Å². The first kappa shape index (κ1) is 9.92. The van der Waals surface area contributed by atoms with Gasteiger partial charge in [-0.2, -0.15) is 0 Å². The number of benzene rings is 2. The van der Waals surface area contributed by atoms with Crippen LogP contribution < -0.4 is 0 Å². The Labute approximate surface area is 100 Å². The van der Waals surface area contributed by atoms with Gasteiger partial charge in [-0.3, -0.25) is 0 Å². The highest BCUT2D eigenvalue weighted by atomic mass is 32.1. The summed E-state index contributed by atoms with van der Waals surface area (Å²) in [6.45, 7) is 2.27. The van der Waals surface area contributed by atoms with Gasteiger partial charge in [0.25, 0.3) is 0 Å². The fourth-order valence-corrected chi connectivity index (χ4v) is 3.42. The molecule has 0 bridgehead atoms. The quantitative estimate of drug-likeness (QED) is 0.552. The van der Waals surface area contributed by atoms with Crippen molar-refractivity contribution in [2.24, 2.45) is 0 Å². The van der Waals surface area contributed by atoms with Crippen LogP contribution in [0.2, 0.25) is 0 Å². The van der Waals surface area contributed by atoms with Crippen LogP contribution in [-0.2, 0) is 0 Å². The Morgan fingerprint density at radius 1 is 1.00 bits per heavy atom. The first-order valence-corrected chi connectivity index (χ1v) is 6.49. The molecule has 16 heavy (non-hydrogen) atoms. The number of fused-ring (bicyclic) bond motifs is 3. The minimum atomic E-state index is 0.585. The van der Waals surface area contributed by atoms with Gasteiger partial charge >= 0.3 is 0 Å². The van der Waals surface area contributed by atoms with Gasteiger partial charge in [0.05, 0.1) is 0 Å². The molecule has 0 amide bonds. The number of hydrogen-bond donors (Lipinski definition) is 0. The largest absolute Gasteiger partial charge is 0.135 e. The topological polar surface area (TPSA) is 0 Å². The maximum atomic E-state index is 2.27. The van der Waals surface area contributed by atoms with Crippen LogP contribution in [0.15, 0.2) is 42.5 Å². The van der Waals surface area contributed by atoms with E-state index in [0.717, 1.165) is 0 Å². The van der Waals surface area contributed by atoms with Crippen LogP contribution in [0, 0.1) is 0 Å². The molecule has 0 N–H and O–H groups in total. The number of hydrogen-bond acceptors (Lipinski definition) is 1. The lowest BCUT2D eigenvalue weighted by Crippen LogP contribution is -1.91. The summed E-state index contributed by atoms with van der Waals surface area (Å²) in [6, 6.07) is 15.4. The van der Waals surface area contributed by atoms with Crippen molar-refractivity contribution in [2.45, 2.75) is 12.7 Å². The van der Waals surface area contributed by atoms with E-state index in [2.05, 4.69) is 57.2 Å². The van der Waals surface area contributed by atoms with Gasteiger partial charge in [-0.25, -0.2) is 0 Å². The third-order valence-electron chi connectivity index (χ3n) is 3.06. The number of thiophene rings is 1. The zero-order chi connectivity index (χ0) is 11.1. The predicted octanol–water partition coefficient (Wildman–Crippen LogP) is 3.75. The molecular weight excluding hydrogens is 211 g/mol. The molecule has 3 rings (SSSR count). The van der Waals surface area contributed by atoms with Crippen LogP contribution in [0.5, 0.6) is 0 Å². The summed E-state index contributed by atoms with van der Waals surface area (Å²) in [4.78, 5) is 0. The van der Waals surface area contributed by atoms with Crippen molar-refractivity contribution in [1.29, 1.82) is 0 Å². The Hall–Kier alpha value is -1.28. The van der Waals surface area contributed by atoms with Crippen LogP contribution in [-0.4, -0.2) is 7.85 Å². The van der Waals surface area contributed by atoms with E-state index in [1.165, 1.54) is 25.7 Å². The van der Waals surface area contributed by atoms with Gasteiger partial charge in [0.15, 0.2) is 0 Å². The molecule has 0 saturated heterocycles. The lowest BCUT2D eigenvalue weighted by Gasteiger charge is -2.07. The van der Waals surface area contributed by atoms with Crippen molar-refractivity contribution in [3.63, 3.8) is 0 Å². The van der Waals surface area contributed by atoms with E-state index >= 15 is 0 Å². The Morgan fingerprint density at radius 2 is 1.75 bits per heavy atom. The molecule has 0 aliphatic rings. The smallest absolute Gasteiger partial charge is 0.110 e. The molecule has 0 fully saturated rings. The SMILES string of the molecule is B[C@@H](C)c1cccc2sc3ccccc3c12. The van der Waals surface area contributed by atoms with Gasteiger partial charge in [0.2, 0.25) is 0 Å². The molecular formula is C14H13BS. The summed E-state index contributed by atoms with van der Waals surface area (Å²) >= 11 is 1.89. The van der Waals surface area contributed by atoms with Crippen LogP contribution in [0.3, 0.4) is 0 Å². The minimum Gasteiger partial charge on any atom is -0.135 e. The zero-order valence-corrected chi connectivity index (χ0v) is 10.3. The molecule has 0 spiro atoms. The lowest BCUT2D eigenvalue weighted by molar-refractivity contribution is 1.10. The summed E-state index contributed by atoms with van der Waals surface area (Å²) in [5.74, 6) is 0.585. The van der Waals surface area contributed by atoms with Crippen LogP contribution >= 0.6 is 11.3 Å². The summed E-state index contributed by atoms with van der Waals surface area (Å²) in [7, 11) is 2.27. The molecule has 2 aromatic carbocycles. The zero-order valence-electron chi connectivity index (χ0n) is 9.53. The molecule has 0 aliphatic carbocycles. The normalized spacial score (nSPS) is 13.3. The Morgan fingerprint density at radius 3 is 2.56 bits per heavy atom. The van der Waals surface area contributed by atoms with Crippen molar-refractivity contribution in [1.82, 2.24) is 0 Å². The molecule has 0 radical (unpaired) electrons. The molecule has 78 valence electrons. The lowest BCUT2D eigenvalue weighted by atomic mass is 9.81. The summed E-state index contributed by atoms with van der Waals surface area (Å²) in [6.07, 6.45) is 0.